The van der Waals surface area contributed by atoms with Crippen molar-refractivity contribution in [1.82, 2.24) is 10.6 Å². The molecule has 1 aromatic carbocycles. The Labute approximate surface area is 140 Å². The van der Waals surface area contributed by atoms with Crippen molar-refractivity contribution in [3.63, 3.8) is 0 Å². The van der Waals surface area contributed by atoms with Crippen LogP contribution in [0, 0.1) is 0 Å². The van der Waals surface area contributed by atoms with E-state index in [2.05, 4.69) is 10.6 Å². The molecule has 0 aliphatic rings. The summed E-state index contributed by atoms with van der Waals surface area (Å²) < 4.78 is 5.13. The fourth-order valence-corrected chi connectivity index (χ4v) is 1.89. The van der Waals surface area contributed by atoms with Gasteiger partial charge in [-0.05, 0) is 38.5 Å². The highest BCUT2D eigenvalue weighted by Gasteiger charge is 2.24. The third-order valence-electron chi connectivity index (χ3n) is 2.90. The van der Waals surface area contributed by atoms with Crippen molar-refractivity contribution in [3.05, 3.63) is 23.8 Å². The molecule has 0 fully saturated rings. The van der Waals surface area contributed by atoms with Gasteiger partial charge in [0.05, 0.1) is 6.61 Å². The molecule has 2 amide bonds. The van der Waals surface area contributed by atoms with Gasteiger partial charge in [-0.25, -0.2) is 4.79 Å². The van der Waals surface area contributed by atoms with Gasteiger partial charge in [0.1, 0.15) is 11.6 Å². The predicted octanol–water partition coefficient (Wildman–Crippen LogP) is 0.642. The standard InChI is InChI=1S/C16H24N2O6/c1-16(2,3)24-15(23)18-11(14(22)17-6-7-19)8-10-4-5-12(20)13(21)9-10/h4-5,9,11,19-21H,6-8H2,1-3H3,(H,17,22)(H,18,23). The van der Waals surface area contributed by atoms with E-state index >= 15 is 0 Å². The average molecular weight is 340 g/mol. The first kappa shape index (κ1) is 19.6. The Balaban J connectivity index is 2.85. The third kappa shape index (κ3) is 6.74. The van der Waals surface area contributed by atoms with Gasteiger partial charge in [0.15, 0.2) is 11.5 Å². The van der Waals surface area contributed by atoms with Crippen LogP contribution in [0.1, 0.15) is 26.3 Å². The topological polar surface area (TPSA) is 128 Å². The van der Waals surface area contributed by atoms with E-state index < -0.39 is 23.6 Å². The number of alkyl carbamates (subject to hydrolysis) is 1. The number of amides is 2. The van der Waals surface area contributed by atoms with Crippen molar-refractivity contribution in [2.45, 2.75) is 38.8 Å². The van der Waals surface area contributed by atoms with Crippen LogP contribution in [0.25, 0.3) is 0 Å². The fourth-order valence-electron chi connectivity index (χ4n) is 1.89. The number of benzene rings is 1. The highest BCUT2D eigenvalue weighted by Crippen LogP contribution is 2.25. The average Bonchev–Trinajstić information content (AvgIpc) is 2.46. The van der Waals surface area contributed by atoms with Gasteiger partial charge in [-0.2, -0.15) is 0 Å². The number of rotatable bonds is 6. The number of carbonyl (C=O) groups excluding carboxylic acids is 2. The maximum Gasteiger partial charge on any atom is 0.408 e. The summed E-state index contributed by atoms with van der Waals surface area (Å²) in [5, 5.41) is 32.6. The summed E-state index contributed by atoms with van der Waals surface area (Å²) in [5.74, 6) is -1.10. The molecule has 0 aliphatic heterocycles. The van der Waals surface area contributed by atoms with Crippen molar-refractivity contribution >= 4 is 12.0 Å². The molecule has 0 aliphatic carbocycles. The highest BCUT2D eigenvalue weighted by atomic mass is 16.6. The van der Waals surface area contributed by atoms with Gasteiger partial charge >= 0.3 is 6.09 Å². The lowest BCUT2D eigenvalue weighted by Crippen LogP contribution is -2.49. The maximum absolute atomic E-state index is 12.2. The molecule has 1 aromatic rings. The van der Waals surface area contributed by atoms with Gasteiger partial charge in [-0.1, -0.05) is 6.07 Å². The van der Waals surface area contributed by atoms with Crippen molar-refractivity contribution < 1.29 is 29.6 Å². The predicted molar refractivity (Wildman–Crippen MR) is 86.7 cm³/mol. The monoisotopic (exact) mass is 340 g/mol. The smallest absolute Gasteiger partial charge is 0.408 e. The molecule has 134 valence electrons. The number of aromatic hydroxyl groups is 2. The van der Waals surface area contributed by atoms with E-state index in [0.29, 0.717) is 5.56 Å². The molecule has 0 radical (unpaired) electrons. The van der Waals surface area contributed by atoms with Gasteiger partial charge in [0.2, 0.25) is 5.91 Å². The molecule has 8 nitrogen and oxygen atoms in total. The molecule has 0 aromatic heterocycles. The summed E-state index contributed by atoms with van der Waals surface area (Å²) in [6.07, 6.45) is -0.681. The van der Waals surface area contributed by atoms with Gasteiger partial charge < -0.3 is 30.7 Å². The number of carbonyl (C=O) groups is 2. The first-order valence-electron chi connectivity index (χ1n) is 7.51. The third-order valence-corrected chi connectivity index (χ3v) is 2.90. The molecule has 0 heterocycles. The number of aliphatic hydroxyl groups excluding tert-OH is 1. The van der Waals surface area contributed by atoms with Crippen molar-refractivity contribution in [2.24, 2.45) is 0 Å². The zero-order valence-electron chi connectivity index (χ0n) is 14.0. The van der Waals surface area contributed by atoms with E-state index in [1.807, 2.05) is 0 Å². The number of ether oxygens (including phenoxy) is 1. The molecule has 0 spiro atoms. The molecule has 24 heavy (non-hydrogen) atoms. The SMILES string of the molecule is CC(C)(C)OC(=O)NC(Cc1ccc(O)c(O)c1)C(=O)NCCO. The Bertz CT molecular complexity index is 582. The van der Waals surface area contributed by atoms with Crippen LogP contribution in [0.3, 0.4) is 0 Å². The fraction of sp³-hybridized carbons (Fsp3) is 0.500. The molecule has 8 heteroatoms. The van der Waals surface area contributed by atoms with Crippen molar-refractivity contribution in [3.8, 4) is 11.5 Å². The summed E-state index contributed by atoms with van der Waals surface area (Å²) in [4.78, 5) is 24.1. The summed E-state index contributed by atoms with van der Waals surface area (Å²) >= 11 is 0. The highest BCUT2D eigenvalue weighted by molar-refractivity contribution is 5.86. The van der Waals surface area contributed by atoms with Crippen molar-refractivity contribution in [2.75, 3.05) is 13.2 Å². The Kier molecular flexibility index (Phi) is 6.84. The maximum atomic E-state index is 12.2. The van der Waals surface area contributed by atoms with Crippen LogP contribution < -0.4 is 10.6 Å². The number of nitrogens with one attached hydrogen (secondary N) is 2. The van der Waals surface area contributed by atoms with Crippen LogP contribution >= 0.6 is 0 Å². The number of phenols is 2. The van der Waals surface area contributed by atoms with E-state index in [0.717, 1.165) is 0 Å². The lowest BCUT2D eigenvalue weighted by Gasteiger charge is -2.23. The number of aliphatic hydroxyl groups is 1. The van der Waals surface area contributed by atoms with Crippen LogP contribution in [0.2, 0.25) is 0 Å². The molecular formula is C16H24N2O6. The molecule has 1 unspecified atom stereocenters. The van der Waals surface area contributed by atoms with Crippen LogP contribution in [0.15, 0.2) is 18.2 Å². The summed E-state index contributed by atoms with van der Waals surface area (Å²) in [5.41, 5.74) is -0.182. The Morgan fingerprint density at radius 2 is 1.88 bits per heavy atom. The first-order chi connectivity index (χ1) is 11.1. The van der Waals surface area contributed by atoms with E-state index in [9.17, 15) is 19.8 Å². The molecule has 0 saturated heterocycles. The van der Waals surface area contributed by atoms with E-state index in [4.69, 9.17) is 9.84 Å². The Morgan fingerprint density at radius 1 is 1.21 bits per heavy atom. The number of hydrogen-bond donors (Lipinski definition) is 5. The molecule has 0 saturated carbocycles. The minimum absolute atomic E-state index is 0.0478. The molecule has 0 bridgehead atoms. The van der Waals surface area contributed by atoms with Gasteiger partial charge in [-0.3, -0.25) is 4.79 Å². The second kappa shape index (κ2) is 8.39. The van der Waals surface area contributed by atoms with Gasteiger partial charge in [0.25, 0.3) is 0 Å². The van der Waals surface area contributed by atoms with Gasteiger partial charge in [0, 0.05) is 13.0 Å². The second-order valence-corrected chi connectivity index (χ2v) is 6.24. The zero-order chi connectivity index (χ0) is 18.3. The van der Waals surface area contributed by atoms with Crippen LogP contribution in [-0.4, -0.2) is 52.1 Å². The number of phenolic OH excluding ortho intramolecular Hbond substituents is 2. The quantitative estimate of drug-likeness (QED) is 0.484. The largest absolute Gasteiger partial charge is 0.504 e. The molecule has 5 N–H and O–H groups in total. The lowest BCUT2D eigenvalue weighted by atomic mass is 10.0. The molecule has 1 atom stereocenters. The zero-order valence-corrected chi connectivity index (χ0v) is 14.0. The number of hydrogen-bond acceptors (Lipinski definition) is 6. The van der Waals surface area contributed by atoms with Crippen LogP contribution in [-0.2, 0) is 16.0 Å². The minimum Gasteiger partial charge on any atom is -0.504 e. The Morgan fingerprint density at radius 3 is 2.42 bits per heavy atom. The van der Waals surface area contributed by atoms with Crippen LogP contribution in [0.4, 0.5) is 4.79 Å². The Hall–Kier alpha value is -2.48. The van der Waals surface area contributed by atoms with Gasteiger partial charge in [-0.15, -0.1) is 0 Å². The van der Waals surface area contributed by atoms with E-state index in [1.54, 1.807) is 20.8 Å². The summed E-state index contributed by atoms with van der Waals surface area (Å²) in [6.45, 7) is 4.92. The normalized spacial score (nSPS) is 12.3. The van der Waals surface area contributed by atoms with E-state index in [-0.39, 0.29) is 31.1 Å². The van der Waals surface area contributed by atoms with Crippen molar-refractivity contribution in [1.29, 1.82) is 0 Å². The minimum atomic E-state index is -0.963. The van der Waals surface area contributed by atoms with Crippen LogP contribution in [0.5, 0.6) is 11.5 Å². The summed E-state index contributed by atoms with van der Waals surface area (Å²) in [7, 11) is 0. The first-order valence-corrected chi connectivity index (χ1v) is 7.51. The molecule has 1 rings (SSSR count). The second-order valence-electron chi connectivity index (χ2n) is 6.24. The lowest BCUT2D eigenvalue weighted by molar-refractivity contribution is -0.123. The van der Waals surface area contributed by atoms with E-state index in [1.165, 1.54) is 18.2 Å². The molecular weight excluding hydrogens is 316 g/mol. The summed E-state index contributed by atoms with van der Waals surface area (Å²) in [6, 6.07) is 3.16.